The van der Waals surface area contributed by atoms with Crippen LogP contribution in [-0.2, 0) is 4.74 Å². The summed E-state index contributed by atoms with van der Waals surface area (Å²) in [5.74, 6) is -0.0608. The van der Waals surface area contributed by atoms with Gasteiger partial charge in [0, 0.05) is 12.1 Å². The van der Waals surface area contributed by atoms with Gasteiger partial charge in [0.15, 0.2) is 5.65 Å². The molecule has 11 heteroatoms. The van der Waals surface area contributed by atoms with E-state index in [-0.39, 0.29) is 30.3 Å². The van der Waals surface area contributed by atoms with Gasteiger partial charge in [0.2, 0.25) is 0 Å². The van der Waals surface area contributed by atoms with Crippen LogP contribution in [0.15, 0.2) is 70.4 Å². The summed E-state index contributed by atoms with van der Waals surface area (Å²) in [7, 11) is 0. The van der Waals surface area contributed by atoms with Crippen LogP contribution in [0.1, 0.15) is 52.5 Å². The first kappa shape index (κ1) is 30.0. The first-order chi connectivity index (χ1) is 20.5. The Bertz CT molecular complexity index is 1730. The van der Waals surface area contributed by atoms with E-state index in [4.69, 9.17) is 14.6 Å². The van der Waals surface area contributed by atoms with Gasteiger partial charge in [0.25, 0.3) is 5.56 Å². The van der Waals surface area contributed by atoms with Crippen LogP contribution in [0, 0.1) is 5.82 Å². The topological polar surface area (TPSA) is 125 Å². The molecule has 1 aliphatic rings. The number of aliphatic hydroxyl groups is 1. The van der Waals surface area contributed by atoms with E-state index in [2.05, 4.69) is 10.3 Å². The van der Waals surface area contributed by atoms with Crippen molar-refractivity contribution < 1.29 is 23.8 Å². The molecule has 1 aliphatic carbocycles. The van der Waals surface area contributed by atoms with Crippen molar-refractivity contribution in [3.8, 4) is 22.6 Å². The van der Waals surface area contributed by atoms with Crippen LogP contribution in [0.2, 0.25) is 0 Å². The minimum absolute atomic E-state index is 0.00407. The second-order valence-electron chi connectivity index (χ2n) is 11.6. The molecule has 1 saturated carbocycles. The highest BCUT2D eigenvalue weighted by Crippen LogP contribution is 2.29. The highest BCUT2D eigenvalue weighted by atomic mass is 19.1. The number of nitrogens with one attached hydrogen (secondary N) is 1. The van der Waals surface area contributed by atoms with Gasteiger partial charge in [0.05, 0.1) is 23.9 Å². The monoisotopic (exact) mass is 590 g/mol. The molecule has 4 aromatic rings. The number of aliphatic hydroxyl groups excluding tert-OH is 1. The van der Waals surface area contributed by atoms with Crippen LogP contribution in [0.4, 0.5) is 9.18 Å². The van der Waals surface area contributed by atoms with Gasteiger partial charge in [-0.25, -0.2) is 23.5 Å². The molecule has 0 bridgehead atoms. The maximum absolute atomic E-state index is 14.3. The predicted molar refractivity (Wildman–Crippen MR) is 160 cm³/mol. The van der Waals surface area contributed by atoms with Crippen molar-refractivity contribution in [2.75, 3.05) is 13.2 Å². The molecule has 2 N–H and O–H groups in total. The summed E-state index contributed by atoms with van der Waals surface area (Å²) >= 11 is 0. The van der Waals surface area contributed by atoms with E-state index in [0.29, 0.717) is 37.1 Å². The zero-order valence-electron chi connectivity index (χ0n) is 24.4. The van der Waals surface area contributed by atoms with Crippen molar-refractivity contribution >= 4 is 17.1 Å². The van der Waals surface area contributed by atoms with E-state index in [1.54, 1.807) is 45.0 Å². The van der Waals surface area contributed by atoms with E-state index < -0.39 is 34.8 Å². The van der Waals surface area contributed by atoms with Crippen molar-refractivity contribution in [2.24, 2.45) is 0 Å². The lowest BCUT2D eigenvalue weighted by molar-refractivity contribution is 0.0487. The van der Waals surface area contributed by atoms with E-state index in [9.17, 15) is 18.8 Å². The normalized spacial score (nSPS) is 17.0. The molecule has 0 atom stereocenters. The lowest BCUT2D eigenvalue weighted by Crippen LogP contribution is -2.45. The van der Waals surface area contributed by atoms with Gasteiger partial charge in [-0.2, -0.15) is 0 Å². The van der Waals surface area contributed by atoms with Crippen molar-refractivity contribution in [2.45, 2.75) is 64.1 Å². The molecule has 2 aromatic carbocycles. The number of amides is 1. The molecule has 0 spiro atoms. The minimum Gasteiger partial charge on any atom is -0.491 e. The van der Waals surface area contributed by atoms with Crippen LogP contribution in [0.5, 0.6) is 5.75 Å². The molecular weight excluding hydrogens is 555 g/mol. The maximum atomic E-state index is 14.3. The number of hydrogen-bond acceptors (Lipinski definition) is 7. The lowest BCUT2D eigenvalue weighted by atomic mass is 9.91. The van der Waals surface area contributed by atoms with E-state index in [1.165, 1.54) is 9.13 Å². The third kappa shape index (κ3) is 6.77. The Morgan fingerprint density at radius 3 is 2.44 bits per heavy atom. The third-order valence-corrected chi connectivity index (χ3v) is 7.33. The van der Waals surface area contributed by atoms with Gasteiger partial charge >= 0.3 is 11.8 Å². The van der Waals surface area contributed by atoms with Gasteiger partial charge in [-0.15, -0.1) is 0 Å². The average molecular weight is 591 g/mol. The molecule has 2 heterocycles. The number of aromatic nitrogens is 3. The number of hydrogen-bond donors (Lipinski definition) is 2. The second kappa shape index (κ2) is 12.4. The fourth-order valence-electron chi connectivity index (χ4n) is 5.42. The van der Waals surface area contributed by atoms with Gasteiger partial charge < -0.3 is 19.9 Å². The zero-order chi connectivity index (χ0) is 30.7. The quantitative estimate of drug-likeness (QED) is 0.319. The van der Waals surface area contributed by atoms with Crippen molar-refractivity contribution in [1.29, 1.82) is 0 Å². The summed E-state index contributed by atoms with van der Waals surface area (Å²) in [5.41, 5.74) is 0.424. The van der Waals surface area contributed by atoms with E-state index in [1.807, 2.05) is 24.3 Å². The van der Waals surface area contributed by atoms with E-state index in [0.717, 1.165) is 23.4 Å². The number of alkyl carbamates (subject to hydrolysis) is 1. The molecule has 1 fully saturated rings. The maximum Gasteiger partial charge on any atom is 0.407 e. The molecule has 0 radical (unpaired) electrons. The van der Waals surface area contributed by atoms with Crippen molar-refractivity contribution in [1.82, 2.24) is 19.4 Å². The molecule has 2 aromatic heterocycles. The number of rotatable bonds is 7. The molecule has 43 heavy (non-hydrogen) atoms. The molecule has 0 unspecified atom stereocenters. The van der Waals surface area contributed by atoms with Gasteiger partial charge in [-0.05, 0) is 87.9 Å². The Labute approximate surface area is 247 Å². The smallest absolute Gasteiger partial charge is 0.407 e. The Balaban J connectivity index is 1.49. The molecule has 10 nitrogen and oxygen atoms in total. The number of nitrogens with zero attached hydrogens (tertiary/aromatic N) is 3. The highest BCUT2D eigenvalue weighted by Gasteiger charge is 2.29. The number of benzene rings is 2. The molecule has 226 valence electrons. The summed E-state index contributed by atoms with van der Waals surface area (Å²) in [6.45, 7) is 5.48. The van der Waals surface area contributed by atoms with Crippen molar-refractivity contribution in [3.05, 3.63) is 87.4 Å². The third-order valence-electron chi connectivity index (χ3n) is 7.33. The number of carbonyl (C=O) groups is 1. The molecule has 1 amide bonds. The van der Waals surface area contributed by atoms with Gasteiger partial charge in [-0.1, -0.05) is 24.3 Å². The summed E-state index contributed by atoms with van der Waals surface area (Å²) in [6, 6.07) is 15.1. The number of fused-ring (bicyclic) bond motifs is 1. The number of pyridine rings is 1. The Kier molecular flexibility index (Phi) is 8.63. The summed E-state index contributed by atoms with van der Waals surface area (Å²) < 4.78 is 27.7. The van der Waals surface area contributed by atoms with Crippen molar-refractivity contribution in [3.63, 3.8) is 0 Å². The molecular formula is C32H35FN4O6. The second-order valence-corrected chi connectivity index (χ2v) is 11.6. The van der Waals surface area contributed by atoms with Crippen LogP contribution < -0.4 is 21.3 Å². The summed E-state index contributed by atoms with van der Waals surface area (Å²) in [4.78, 5) is 44.1. The average Bonchev–Trinajstić information content (AvgIpc) is 2.97. The highest BCUT2D eigenvalue weighted by molar-refractivity contribution is 5.76. The Morgan fingerprint density at radius 1 is 1.05 bits per heavy atom. The molecule has 5 rings (SSSR count). The van der Waals surface area contributed by atoms with Crippen LogP contribution >= 0.6 is 0 Å². The molecule has 0 aliphatic heterocycles. The summed E-state index contributed by atoms with van der Waals surface area (Å²) in [5, 5.41) is 11.9. The SMILES string of the molecule is CC(C)(C)OC(=O)N[C@H]1CC[C@@H](n2c(=O)c3cc(F)cnc3n(-c3cccc(-c4ccc(OCCO)cc4)c3)c2=O)CC1. The van der Waals surface area contributed by atoms with Gasteiger partial charge in [0.1, 0.15) is 23.8 Å². The largest absolute Gasteiger partial charge is 0.491 e. The lowest BCUT2D eigenvalue weighted by Gasteiger charge is -2.31. The first-order valence-electron chi connectivity index (χ1n) is 14.3. The van der Waals surface area contributed by atoms with E-state index >= 15 is 0 Å². The van der Waals surface area contributed by atoms with Crippen LogP contribution in [-0.4, -0.2) is 50.2 Å². The minimum atomic E-state index is -0.677. The predicted octanol–water partition coefficient (Wildman–Crippen LogP) is 4.73. The molecule has 0 saturated heterocycles. The number of halogens is 1. The van der Waals surface area contributed by atoms with Gasteiger partial charge in [-0.3, -0.25) is 9.36 Å². The summed E-state index contributed by atoms with van der Waals surface area (Å²) in [6.07, 6.45) is 2.51. The fraction of sp³-hybridized carbons (Fsp3) is 0.375. The van der Waals surface area contributed by atoms with Crippen LogP contribution in [0.3, 0.4) is 0 Å². The number of ether oxygens (including phenoxy) is 2. The Hall–Kier alpha value is -4.51. The standard InChI is InChI=1S/C32H35FN4O6/c1-32(2,3)43-30(40)35-23-9-11-24(12-10-23)37-29(39)27-18-22(33)19-34-28(27)36(31(37)41)25-6-4-5-21(17-25)20-7-13-26(14-8-20)42-16-15-38/h4-8,13-14,17-19,23-24,38H,9-12,15-16H2,1-3H3,(H,35,40)/t23-,24+. The van der Waals surface area contributed by atoms with Crippen LogP contribution in [0.25, 0.3) is 27.8 Å². The Morgan fingerprint density at radius 2 is 1.77 bits per heavy atom. The first-order valence-corrected chi connectivity index (χ1v) is 14.3. The number of carbonyl (C=O) groups excluding carboxylic acids is 1. The fourth-order valence-corrected chi connectivity index (χ4v) is 5.42. The zero-order valence-corrected chi connectivity index (χ0v) is 24.4.